The minimum atomic E-state index is -1.23. The molecule has 0 aromatic carbocycles. The molecule has 0 radical (unpaired) electrons. The topological polar surface area (TPSA) is 104 Å². The van der Waals surface area contributed by atoms with Crippen LogP contribution in [0.2, 0.25) is 0 Å². The van der Waals surface area contributed by atoms with Gasteiger partial charge in [0.2, 0.25) is 0 Å². The quantitative estimate of drug-likeness (QED) is 0.294. The van der Waals surface area contributed by atoms with Gasteiger partial charge in [-0.1, -0.05) is 53.8 Å². The average Bonchev–Trinajstić information content (AvgIpc) is 2.86. The molecule has 0 bridgehead atoms. The number of carbonyl (C=O) groups excluding carboxylic acids is 2. The minimum Gasteiger partial charge on any atom is -0.550 e. The number of aliphatic carboxylic acids is 2. The Hall–Kier alpha value is -1.50. The van der Waals surface area contributed by atoms with Crippen molar-refractivity contribution >= 4 is 35.0 Å². The van der Waals surface area contributed by atoms with E-state index < -0.39 is 23.3 Å². The molecule has 0 amide bonds. The molecule has 7 heteroatoms. The number of esters is 1. The summed E-state index contributed by atoms with van der Waals surface area (Å²) in [6, 6.07) is 0. The summed E-state index contributed by atoms with van der Waals surface area (Å²) in [6.07, 6.45) is 8.82. The SMILES string of the molecule is CC1(C)[C@@H](OC(=O)CCC(=O)[O-])CC[C@]2(C)[C@H]3C(=S)C[C@H]4[C@@H]5C[C@@](C)(C(=O)O)CC[C@]5(C)CC[C@@]4(C)[C@]3(C)CC[C@@H]12. The molecule has 0 saturated heterocycles. The molecule has 230 valence electrons. The van der Waals surface area contributed by atoms with Gasteiger partial charge in [0, 0.05) is 17.3 Å². The highest BCUT2D eigenvalue weighted by atomic mass is 32.1. The van der Waals surface area contributed by atoms with Gasteiger partial charge in [-0.05, 0) is 122 Å². The third-order valence-electron chi connectivity index (χ3n) is 14.4. The van der Waals surface area contributed by atoms with Gasteiger partial charge in [0.1, 0.15) is 6.10 Å². The molecule has 0 aromatic heterocycles. The number of thiocarbonyl (C=S) groups is 1. The first-order valence-electron chi connectivity index (χ1n) is 16.0. The zero-order valence-corrected chi connectivity index (χ0v) is 27.1. The maximum Gasteiger partial charge on any atom is 0.309 e. The lowest BCUT2D eigenvalue weighted by Gasteiger charge is -2.73. The molecule has 0 heterocycles. The van der Waals surface area contributed by atoms with Crippen LogP contribution in [0.5, 0.6) is 0 Å². The fraction of sp³-hybridized carbons (Fsp3) is 0.882. The van der Waals surface area contributed by atoms with Crippen molar-refractivity contribution in [3.8, 4) is 0 Å². The normalized spacial score (nSPS) is 48.6. The lowest BCUT2D eigenvalue weighted by molar-refractivity contribution is -0.305. The fourth-order valence-electron chi connectivity index (χ4n) is 11.7. The van der Waals surface area contributed by atoms with Gasteiger partial charge in [0.05, 0.1) is 11.8 Å². The van der Waals surface area contributed by atoms with Crippen LogP contribution in [0.15, 0.2) is 0 Å². The lowest BCUT2D eigenvalue weighted by atomic mass is 9.31. The number of fused-ring (bicyclic) bond motifs is 7. The lowest BCUT2D eigenvalue weighted by Crippen LogP contribution is -2.69. The number of carboxylic acid groups (broad SMARTS) is 2. The molecule has 5 rings (SSSR count). The third-order valence-corrected chi connectivity index (χ3v) is 14.8. The zero-order valence-electron chi connectivity index (χ0n) is 26.3. The summed E-state index contributed by atoms with van der Waals surface area (Å²) >= 11 is 6.44. The number of carboxylic acids is 2. The van der Waals surface area contributed by atoms with E-state index in [1.165, 1.54) is 11.3 Å². The molecule has 10 atom stereocenters. The Bertz CT molecular complexity index is 1150. The zero-order chi connectivity index (χ0) is 30.4. The van der Waals surface area contributed by atoms with Gasteiger partial charge in [0.25, 0.3) is 0 Å². The summed E-state index contributed by atoms with van der Waals surface area (Å²) in [5.74, 6) is -0.943. The van der Waals surface area contributed by atoms with E-state index in [1.54, 1.807) is 0 Å². The highest BCUT2D eigenvalue weighted by Gasteiger charge is 2.71. The van der Waals surface area contributed by atoms with Crippen LogP contribution < -0.4 is 5.11 Å². The molecule has 0 unspecified atom stereocenters. The van der Waals surface area contributed by atoms with Gasteiger partial charge in [-0.3, -0.25) is 9.59 Å². The molecule has 0 aliphatic heterocycles. The monoisotopic (exact) mass is 587 g/mol. The maximum absolute atomic E-state index is 12.5. The van der Waals surface area contributed by atoms with Crippen LogP contribution in [-0.4, -0.2) is 34.0 Å². The van der Waals surface area contributed by atoms with Crippen molar-refractivity contribution in [2.75, 3.05) is 0 Å². The molecule has 5 aliphatic carbocycles. The predicted octanol–water partition coefficient (Wildman–Crippen LogP) is 6.37. The molecule has 5 fully saturated rings. The minimum absolute atomic E-state index is 0.0155. The van der Waals surface area contributed by atoms with Gasteiger partial charge in [-0.25, -0.2) is 0 Å². The first kappa shape index (κ1) is 30.9. The molecule has 41 heavy (non-hydrogen) atoms. The van der Waals surface area contributed by atoms with Crippen molar-refractivity contribution in [1.29, 1.82) is 0 Å². The maximum atomic E-state index is 12.5. The van der Waals surface area contributed by atoms with Crippen LogP contribution in [-0.2, 0) is 19.1 Å². The Balaban J connectivity index is 1.45. The van der Waals surface area contributed by atoms with Crippen molar-refractivity contribution in [3.63, 3.8) is 0 Å². The second-order valence-electron chi connectivity index (χ2n) is 16.7. The molecule has 1 N–H and O–H groups in total. The standard InChI is InChI=1S/C34H52O6S/c1-29(2)23-10-13-34(7)27(32(23,5)12-11-24(29)40-26(37)9-8-25(35)36)22(41)18-20-21-19-31(4,28(38)39)15-14-30(21,3)16-17-33(20,34)6/h20-21,23-24,27H,8-19H2,1-7H3,(H,35,36)(H,38,39)/p-1/t20-,21-,23-,24-,27+,30+,31-,32-,33+,34+/m0/s1. The number of carbonyl (C=O) groups is 3. The Morgan fingerprint density at radius 2 is 1.54 bits per heavy atom. The van der Waals surface area contributed by atoms with E-state index in [0.717, 1.165) is 57.8 Å². The van der Waals surface area contributed by atoms with Crippen molar-refractivity contribution < 1.29 is 29.3 Å². The number of hydrogen-bond acceptors (Lipinski definition) is 6. The first-order valence-corrected chi connectivity index (χ1v) is 16.4. The van der Waals surface area contributed by atoms with Crippen molar-refractivity contribution in [2.45, 2.75) is 132 Å². The fourth-order valence-corrected chi connectivity index (χ4v) is 12.4. The van der Waals surface area contributed by atoms with E-state index in [-0.39, 0.29) is 51.9 Å². The summed E-state index contributed by atoms with van der Waals surface area (Å²) in [5.41, 5.74) is -0.626. The summed E-state index contributed by atoms with van der Waals surface area (Å²) < 4.78 is 5.94. The number of ether oxygens (including phenoxy) is 1. The van der Waals surface area contributed by atoms with Gasteiger partial charge in [-0.2, -0.15) is 0 Å². The highest BCUT2D eigenvalue weighted by Crippen LogP contribution is 2.76. The van der Waals surface area contributed by atoms with Crippen LogP contribution >= 0.6 is 12.2 Å². The summed E-state index contributed by atoms with van der Waals surface area (Å²) in [7, 11) is 0. The second kappa shape index (κ2) is 9.75. The molecule has 5 aliphatic rings. The van der Waals surface area contributed by atoms with Gasteiger partial charge in [-0.15, -0.1) is 0 Å². The van der Waals surface area contributed by atoms with Crippen molar-refractivity contribution in [3.05, 3.63) is 0 Å². The Morgan fingerprint density at radius 1 is 0.878 bits per heavy atom. The molecule has 0 aromatic rings. The molecule has 0 spiro atoms. The molecule has 6 nitrogen and oxygen atoms in total. The second-order valence-corrected chi connectivity index (χ2v) is 17.2. The van der Waals surface area contributed by atoms with E-state index in [2.05, 4.69) is 41.5 Å². The smallest absolute Gasteiger partial charge is 0.309 e. The Labute approximate surface area is 251 Å². The molecular weight excluding hydrogens is 536 g/mol. The largest absolute Gasteiger partial charge is 0.550 e. The van der Waals surface area contributed by atoms with E-state index >= 15 is 0 Å². The number of rotatable bonds is 5. The summed E-state index contributed by atoms with van der Waals surface area (Å²) in [4.78, 5) is 37.0. The average molecular weight is 588 g/mol. The Morgan fingerprint density at radius 3 is 2.17 bits per heavy atom. The highest BCUT2D eigenvalue weighted by molar-refractivity contribution is 7.80. The van der Waals surface area contributed by atoms with Gasteiger partial charge >= 0.3 is 11.9 Å². The first-order chi connectivity index (χ1) is 18.8. The van der Waals surface area contributed by atoms with E-state index in [0.29, 0.717) is 17.8 Å². The van der Waals surface area contributed by atoms with Crippen LogP contribution in [0.4, 0.5) is 0 Å². The van der Waals surface area contributed by atoms with Crippen molar-refractivity contribution in [2.24, 2.45) is 56.2 Å². The van der Waals surface area contributed by atoms with E-state index in [9.17, 15) is 24.6 Å². The van der Waals surface area contributed by atoms with E-state index in [4.69, 9.17) is 17.0 Å². The molecule has 5 saturated carbocycles. The van der Waals surface area contributed by atoms with Crippen molar-refractivity contribution in [1.82, 2.24) is 0 Å². The molecular formula is C34H51O6S-. The van der Waals surface area contributed by atoms with Crippen LogP contribution in [0.25, 0.3) is 0 Å². The van der Waals surface area contributed by atoms with Crippen LogP contribution in [0, 0.1) is 56.2 Å². The summed E-state index contributed by atoms with van der Waals surface area (Å²) in [6.45, 7) is 16.3. The number of hydrogen-bond donors (Lipinski definition) is 1. The van der Waals surface area contributed by atoms with Crippen LogP contribution in [0.3, 0.4) is 0 Å². The van der Waals surface area contributed by atoms with Gasteiger partial charge in [0.15, 0.2) is 0 Å². The Kier molecular flexibility index (Phi) is 7.36. The van der Waals surface area contributed by atoms with Crippen LogP contribution in [0.1, 0.15) is 126 Å². The van der Waals surface area contributed by atoms with Gasteiger partial charge < -0.3 is 19.7 Å². The summed E-state index contributed by atoms with van der Waals surface area (Å²) in [5, 5.41) is 21.1. The predicted molar refractivity (Wildman–Crippen MR) is 159 cm³/mol. The third kappa shape index (κ3) is 4.44. The van der Waals surface area contributed by atoms with E-state index in [1.807, 2.05) is 6.92 Å².